The fourth-order valence-corrected chi connectivity index (χ4v) is 3.77. The SMILES string of the molecule is CNCCCC1CSc2cccc(Cl)c21. The number of halogens is 1. The van der Waals surface area contributed by atoms with Gasteiger partial charge in [-0.2, -0.15) is 0 Å². The van der Waals surface area contributed by atoms with Gasteiger partial charge in [-0.1, -0.05) is 17.7 Å². The summed E-state index contributed by atoms with van der Waals surface area (Å²) >= 11 is 8.19. The van der Waals surface area contributed by atoms with Crippen molar-refractivity contribution in [3.05, 3.63) is 28.8 Å². The summed E-state index contributed by atoms with van der Waals surface area (Å²) in [5.41, 5.74) is 1.39. The minimum absolute atomic E-state index is 0.659. The van der Waals surface area contributed by atoms with Crippen molar-refractivity contribution >= 4 is 23.4 Å². The molecule has 1 aromatic rings. The van der Waals surface area contributed by atoms with Crippen molar-refractivity contribution in [2.75, 3.05) is 19.3 Å². The molecule has 1 aliphatic rings. The molecule has 0 fully saturated rings. The van der Waals surface area contributed by atoms with Gasteiger partial charge in [-0.3, -0.25) is 0 Å². The third kappa shape index (κ3) is 2.49. The van der Waals surface area contributed by atoms with Crippen LogP contribution in [0.4, 0.5) is 0 Å². The van der Waals surface area contributed by atoms with Crippen LogP contribution in [0, 0.1) is 0 Å². The molecule has 1 nitrogen and oxygen atoms in total. The monoisotopic (exact) mass is 241 g/mol. The zero-order valence-electron chi connectivity index (χ0n) is 8.92. The molecule has 0 amide bonds. The molecule has 1 N–H and O–H groups in total. The first-order valence-electron chi connectivity index (χ1n) is 5.38. The Balaban J connectivity index is 2.07. The summed E-state index contributed by atoms with van der Waals surface area (Å²) in [5, 5.41) is 4.14. The second kappa shape index (κ2) is 5.24. The molecule has 0 aliphatic carbocycles. The summed E-state index contributed by atoms with van der Waals surface area (Å²) in [6, 6.07) is 6.24. The molecule has 1 aliphatic heterocycles. The van der Waals surface area contributed by atoms with Crippen LogP contribution in [0.15, 0.2) is 23.1 Å². The van der Waals surface area contributed by atoms with Gasteiger partial charge in [-0.15, -0.1) is 11.8 Å². The lowest BCUT2D eigenvalue weighted by atomic mass is 9.96. The first kappa shape index (κ1) is 11.3. The van der Waals surface area contributed by atoms with Crippen molar-refractivity contribution < 1.29 is 0 Å². The molecule has 15 heavy (non-hydrogen) atoms. The highest BCUT2D eigenvalue weighted by Crippen LogP contribution is 2.44. The van der Waals surface area contributed by atoms with Gasteiger partial charge in [0.1, 0.15) is 0 Å². The Bertz CT molecular complexity index is 340. The normalized spacial score (nSPS) is 19.2. The molecule has 1 heterocycles. The van der Waals surface area contributed by atoms with E-state index in [1.165, 1.54) is 29.1 Å². The molecule has 1 unspecified atom stereocenters. The summed E-state index contributed by atoms with van der Waals surface area (Å²) in [7, 11) is 2.00. The lowest BCUT2D eigenvalue weighted by Gasteiger charge is -2.11. The summed E-state index contributed by atoms with van der Waals surface area (Å²) < 4.78 is 0. The van der Waals surface area contributed by atoms with Crippen LogP contribution in [-0.2, 0) is 0 Å². The number of fused-ring (bicyclic) bond motifs is 1. The van der Waals surface area contributed by atoms with Gasteiger partial charge in [-0.25, -0.2) is 0 Å². The first-order valence-corrected chi connectivity index (χ1v) is 6.75. The highest BCUT2D eigenvalue weighted by molar-refractivity contribution is 7.99. The van der Waals surface area contributed by atoms with E-state index in [1.807, 2.05) is 30.9 Å². The Kier molecular flexibility index (Phi) is 3.95. The van der Waals surface area contributed by atoms with Crippen molar-refractivity contribution in [1.29, 1.82) is 0 Å². The summed E-state index contributed by atoms with van der Waals surface area (Å²) in [6.45, 7) is 1.10. The molecule has 1 aromatic carbocycles. The van der Waals surface area contributed by atoms with E-state index in [-0.39, 0.29) is 0 Å². The number of thioether (sulfide) groups is 1. The van der Waals surface area contributed by atoms with Gasteiger partial charge in [0.25, 0.3) is 0 Å². The number of nitrogens with one attached hydrogen (secondary N) is 1. The third-order valence-electron chi connectivity index (χ3n) is 2.84. The van der Waals surface area contributed by atoms with Crippen LogP contribution in [0.25, 0.3) is 0 Å². The molecule has 2 rings (SSSR count). The summed E-state index contributed by atoms with van der Waals surface area (Å²) in [6.07, 6.45) is 2.47. The van der Waals surface area contributed by atoms with Crippen molar-refractivity contribution in [1.82, 2.24) is 5.32 Å². The van der Waals surface area contributed by atoms with Crippen LogP contribution in [0.2, 0.25) is 5.02 Å². The Labute approximate surface area is 101 Å². The smallest absolute Gasteiger partial charge is 0.0452 e. The Morgan fingerprint density at radius 1 is 1.53 bits per heavy atom. The predicted octanol–water partition coefficient (Wildman–Crippen LogP) is 3.53. The molecular weight excluding hydrogens is 226 g/mol. The average molecular weight is 242 g/mol. The zero-order valence-corrected chi connectivity index (χ0v) is 10.5. The molecule has 1 atom stereocenters. The molecule has 82 valence electrons. The van der Waals surface area contributed by atoms with Crippen molar-refractivity contribution in [2.45, 2.75) is 23.7 Å². The lowest BCUT2D eigenvalue weighted by Crippen LogP contribution is -2.09. The van der Waals surface area contributed by atoms with E-state index < -0.39 is 0 Å². The molecule has 0 bridgehead atoms. The van der Waals surface area contributed by atoms with Crippen molar-refractivity contribution in [2.24, 2.45) is 0 Å². The quantitative estimate of drug-likeness (QED) is 0.810. The molecule has 3 heteroatoms. The van der Waals surface area contributed by atoms with Crippen molar-refractivity contribution in [3.8, 4) is 0 Å². The van der Waals surface area contributed by atoms with E-state index in [4.69, 9.17) is 11.6 Å². The molecule has 0 radical (unpaired) electrons. The molecular formula is C12H16ClNS. The van der Waals surface area contributed by atoms with E-state index in [1.54, 1.807) is 0 Å². The largest absolute Gasteiger partial charge is 0.320 e. The van der Waals surface area contributed by atoms with E-state index >= 15 is 0 Å². The molecule has 0 spiro atoms. The second-order valence-electron chi connectivity index (χ2n) is 3.91. The topological polar surface area (TPSA) is 12.0 Å². The van der Waals surface area contributed by atoms with Gasteiger partial charge in [-0.05, 0) is 50.0 Å². The van der Waals surface area contributed by atoms with Crippen LogP contribution < -0.4 is 5.32 Å². The average Bonchev–Trinajstić information content (AvgIpc) is 2.63. The van der Waals surface area contributed by atoms with Gasteiger partial charge in [0.15, 0.2) is 0 Å². The standard InChI is InChI=1S/C12H16ClNS/c1-14-7-3-4-9-8-15-11-6-2-5-10(13)12(9)11/h2,5-6,9,14H,3-4,7-8H2,1H3. The molecule has 0 aromatic heterocycles. The van der Waals surface area contributed by atoms with Gasteiger partial charge in [0.05, 0.1) is 0 Å². The van der Waals surface area contributed by atoms with Crippen LogP contribution in [0.1, 0.15) is 24.3 Å². The van der Waals surface area contributed by atoms with E-state index in [9.17, 15) is 0 Å². The maximum atomic E-state index is 6.25. The maximum absolute atomic E-state index is 6.25. The number of hydrogen-bond donors (Lipinski definition) is 1. The minimum atomic E-state index is 0.659. The van der Waals surface area contributed by atoms with Crippen LogP contribution in [0.3, 0.4) is 0 Å². The number of rotatable bonds is 4. The van der Waals surface area contributed by atoms with E-state index in [0.29, 0.717) is 5.92 Å². The third-order valence-corrected chi connectivity index (χ3v) is 4.41. The number of benzene rings is 1. The van der Waals surface area contributed by atoms with E-state index in [2.05, 4.69) is 11.4 Å². The van der Waals surface area contributed by atoms with Gasteiger partial charge >= 0.3 is 0 Å². The minimum Gasteiger partial charge on any atom is -0.320 e. The summed E-state index contributed by atoms with van der Waals surface area (Å²) in [5.74, 6) is 1.86. The predicted molar refractivity (Wildman–Crippen MR) is 68.1 cm³/mol. The van der Waals surface area contributed by atoms with Crippen LogP contribution in [0.5, 0.6) is 0 Å². The Morgan fingerprint density at radius 3 is 3.20 bits per heavy atom. The fourth-order valence-electron chi connectivity index (χ4n) is 2.07. The number of hydrogen-bond acceptors (Lipinski definition) is 2. The highest BCUT2D eigenvalue weighted by atomic mass is 35.5. The molecule has 0 saturated heterocycles. The van der Waals surface area contributed by atoms with Crippen molar-refractivity contribution in [3.63, 3.8) is 0 Å². The molecule has 0 saturated carbocycles. The second-order valence-corrected chi connectivity index (χ2v) is 5.37. The van der Waals surface area contributed by atoms with Gasteiger partial charge < -0.3 is 5.32 Å². The fraction of sp³-hybridized carbons (Fsp3) is 0.500. The Hall–Kier alpha value is -0.180. The Morgan fingerprint density at radius 2 is 2.40 bits per heavy atom. The van der Waals surface area contributed by atoms with Gasteiger partial charge in [0.2, 0.25) is 0 Å². The lowest BCUT2D eigenvalue weighted by molar-refractivity contribution is 0.614. The van der Waals surface area contributed by atoms with Gasteiger partial charge in [0, 0.05) is 15.7 Å². The summed E-state index contributed by atoms with van der Waals surface area (Å²) in [4.78, 5) is 1.39. The zero-order chi connectivity index (χ0) is 10.7. The maximum Gasteiger partial charge on any atom is 0.0452 e. The van der Waals surface area contributed by atoms with Crippen LogP contribution >= 0.6 is 23.4 Å². The highest BCUT2D eigenvalue weighted by Gasteiger charge is 2.24. The van der Waals surface area contributed by atoms with Crippen LogP contribution in [-0.4, -0.2) is 19.3 Å². The first-order chi connectivity index (χ1) is 7.33. The van der Waals surface area contributed by atoms with E-state index in [0.717, 1.165) is 11.6 Å².